The number of nitrogens with zero attached hydrogens (tertiary/aromatic N) is 3. The predicted molar refractivity (Wildman–Crippen MR) is 213 cm³/mol. The lowest BCUT2D eigenvalue weighted by atomic mass is 10.0. The molecule has 1 aromatic heterocycles. The normalized spacial score (nSPS) is 14.6. The van der Waals surface area contributed by atoms with Crippen LogP contribution in [0.25, 0.3) is 0 Å². The lowest BCUT2D eigenvalue weighted by Crippen LogP contribution is -2.52. The molecular formula is C44H80N4O2. The van der Waals surface area contributed by atoms with Crippen molar-refractivity contribution >= 4 is 11.8 Å². The third kappa shape index (κ3) is 21.3. The Morgan fingerprint density at radius 3 is 1.88 bits per heavy atom. The highest BCUT2D eigenvalue weighted by Crippen LogP contribution is 2.21. The Morgan fingerprint density at radius 2 is 1.30 bits per heavy atom. The molecule has 1 aliphatic carbocycles. The molecule has 0 bridgehead atoms. The van der Waals surface area contributed by atoms with Crippen molar-refractivity contribution in [3.63, 3.8) is 0 Å². The van der Waals surface area contributed by atoms with Gasteiger partial charge in [0.2, 0.25) is 11.8 Å². The average Bonchev–Trinajstić information content (AvgIpc) is 3.35. The summed E-state index contributed by atoms with van der Waals surface area (Å²) in [5.41, 5.74) is 0. The third-order valence-corrected chi connectivity index (χ3v) is 10.9. The second kappa shape index (κ2) is 30.5. The Bertz CT molecular complexity index is 980. The number of hydrogen-bond donors (Lipinski definition) is 1. The summed E-state index contributed by atoms with van der Waals surface area (Å²) in [6, 6.07) is -0.112. The van der Waals surface area contributed by atoms with E-state index in [1.54, 1.807) is 0 Å². The van der Waals surface area contributed by atoms with Crippen LogP contribution in [0.3, 0.4) is 0 Å². The van der Waals surface area contributed by atoms with Crippen LogP contribution >= 0.6 is 0 Å². The van der Waals surface area contributed by atoms with Crippen LogP contribution in [0, 0.1) is 6.92 Å². The fourth-order valence-corrected chi connectivity index (χ4v) is 7.62. The highest BCUT2D eigenvalue weighted by molar-refractivity contribution is 5.87. The van der Waals surface area contributed by atoms with Crippen LogP contribution in [-0.2, 0) is 16.1 Å². The molecule has 50 heavy (non-hydrogen) atoms. The molecule has 6 nitrogen and oxygen atoms in total. The van der Waals surface area contributed by atoms with Crippen LogP contribution in [0.2, 0.25) is 0 Å². The largest absolute Gasteiger partial charge is 0.352 e. The highest BCUT2D eigenvalue weighted by Gasteiger charge is 2.30. The number of allylic oxidation sites excluding steroid dienone is 2. The first-order valence-electron chi connectivity index (χ1n) is 21.8. The van der Waals surface area contributed by atoms with Gasteiger partial charge in [0.25, 0.3) is 0 Å². The van der Waals surface area contributed by atoms with Crippen LogP contribution in [0.1, 0.15) is 212 Å². The van der Waals surface area contributed by atoms with Gasteiger partial charge in [0.1, 0.15) is 11.9 Å². The zero-order chi connectivity index (χ0) is 35.9. The Hall–Kier alpha value is -2.11. The number of amides is 2. The zero-order valence-corrected chi connectivity index (χ0v) is 33.2. The Morgan fingerprint density at radius 1 is 0.760 bits per heavy atom. The van der Waals surface area contributed by atoms with E-state index in [4.69, 9.17) is 0 Å². The van der Waals surface area contributed by atoms with Crippen molar-refractivity contribution in [2.45, 2.75) is 232 Å². The van der Waals surface area contributed by atoms with E-state index in [1.165, 1.54) is 135 Å². The topological polar surface area (TPSA) is 67.2 Å². The Kier molecular flexibility index (Phi) is 26.9. The first-order valence-corrected chi connectivity index (χ1v) is 21.8. The van der Waals surface area contributed by atoms with Gasteiger partial charge in [-0.3, -0.25) is 9.59 Å². The number of rotatable bonds is 31. The minimum Gasteiger partial charge on any atom is -0.352 e. The van der Waals surface area contributed by atoms with Crippen LogP contribution in [0.5, 0.6) is 0 Å². The Labute approximate surface area is 309 Å². The van der Waals surface area contributed by atoms with Gasteiger partial charge in [-0.15, -0.1) is 0 Å². The van der Waals surface area contributed by atoms with E-state index in [0.29, 0.717) is 13.0 Å². The molecule has 1 heterocycles. The minimum absolute atomic E-state index is 0.0957. The first-order chi connectivity index (χ1) is 24.6. The van der Waals surface area contributed by atoms with Crippen molar-refractivity contribution in [3.05, 3.63) is 30.4 Å². The van der Waals surface area contributed by atoms with E-state index in [9.17, 15) is 9.59 Å². The standard InChI is InChI=1S/C44H80N4O2/c1-4-6-8-10-12-14-16-17-18-20-22-24-30-35-43(49)48(38-31-37-47-39-36-45-40(47)3)42(44(50)46-41-32-27-25-26-28-33-41)34-29-23-21-19-15-13-11-9-7-5-2/h14,16,36,39,41-42H,4-13,15,17-35,37-38H2,1-3H3,(H,46,50)/b16-14-. The van der Waals surface area contributed by atoms with E-state index in [-0.39, 0.29) is 23.9 Å². The maximum Gasteiger partial charge on any atom is 0.243 e. The smallest absolute Gasteiger partial charge is 0.243 e. The molecule has 288 valence electrons. The van der Waals surface area contributed by atoms with Gasteiger partial charge >= 0.3 is 0 Å². The van der Waals surface area contributed by atoms with E-state index >= 15 is 0 Å². The molecule has 1 aromatic rings. The van der Waals surface area contributed by atoms with Gasteiger partial charge in [-0.25, -0.2) is 4.98 Å². The van der Waals surface area contributed by atoms with Crippen molar-refractivity contribution in [3.8, 4) is 0 Å². The van der Waals surface area contributed by atoms with Gasteiger partial charge in [0.15, 0.2) is 0 Å². The Balaban J connectivity index is 1.93. The molecule has 1 fully saturated rings. The summed E-state index contributed by atoms with van der Waals surface area (Å²) in [5.74, 6) is 1.27. The van der Waals surface area contributed by atoms with Crippen molar-refractivity contribution in [2.24, 2.45) is 0 Å². The second-order valence-corrected chi connectivity index (χ2v) is 15.4. The van der Waals surface area contributed by atoms with E-state index in [1.807, 2.05) is 24.2 Å². The number of carbonyl (C=O) groups excluding carboxylic acids is 2. The molecule has 2 amide bonds. The van der Waals surface area contributed by atoms with Gasteiger partial charge in [0, 0.05) is 37.9 Å². The molecule has 1 atom stereocenters. The van der Waals surface area contributed by atoms with Crippen molar-refractivity contribution < 1.29 is 9.59 Å². The monoisotopic (exact) mass is 697 g/mol. The maximum atomic E-state index is 14.1. The average molecular weight is 697 g/mol. The van der Waals surface area contributed by atoms with Crippen LogP contribution < -0.4 is 5.32 Å². The minimum atomic E-state index is -0.363. The predicted octanol–water partition coefficient (Wildman–Crippen LogP) is 12.2. The number of hydrogen-bond acceptors (Lipinski definition) is 3. The molecule has 0 spiro atoms. The summed E-state index contributed by atoms with van der Waals surface area (Å²) >= 11 is 0. The molecule has 2 rings (SSSR count). The molecule has 1 aliphatic rings. The fraction of sp³-hybridized carbons (Fsp3) is 0.841. The van der Waals surface area contributed by atoms with E-state index in [0.717, 1.165) is 63.7 Å². The first kappa shape index (κ1) is 44.1. The summed E-state index contributed by atoms with van der Waals surface area (Å²) in [5, 5.41) is 3.46. The van der Waals surface area contributed by atoms with Gasteiger partial charge < -0.3 is 14.8 Å². The number of nitrogens with one attached hydrogen (secondary N) is 1. The third-order valence-electron chi connectivity index (χ3n) is 10.9. The van der Waals surface area contributed by atoms with Crippen LogP contribution in [-0.4, -0.2) is 44.9 Å². The highest BCUT2D eigenvalue weighted by atomic mass is 16.2. The van der Waals surface area contributed by atoms with Gasteiger partial charge in [-0.1, -0.05) is 154 Å². The fourth-order valence-electron chi connectivity index (χ4n) is 7.62. The molecular weight excluding hydrogens is 617 g/mol. The number of aryl methyl sites for hydroxylation is 2. The van der Waals surface area contributed by atoms with E-state index < -0.39 is 0 Å². The molecule has 1 saturated carbocycles. The maximum absolute atomic E-state index is 14.1. The summed E-state index contributed by atoms with van der Waals surface area (Å²) in [6.07, 6.45) is 43.9. The molecule has 0 aromatic carbocycles. The van der Waals surface area contributed by atoms with Gasteiger partial charge in [-0.05, 0) is 64.7 Å². The van der Waals surface area contributed by atoms with Crippen LogP contribution in [0.4, 0.5) is 0 Å². The summed E-state index contributed by atoms with van der Waals surface area (Å²) in [6.45, 7) is 8.02. The number of aromatic nitrogens is 2. The van der Waals surface area contributed by atoms with Gasteiger partial charge in [0.05, 0.1) is 0 Å². The van der Waals surface area contributed by atoms with Gasteiger partial charge in [-0.2, -0.15) is 0 Å². The number of unbranched alkanes of at least 4 members (excludes halogenated alkanes) is 18. The summed E-state index contributed by atoms with van der Waals surface area (Å²) < 4.78 is 2.16. The molecule has 6 heteroatoms. The SMILES string of the molecule is CCCCCC/C=C\CCCCCCCC(=O)N(CCCn1ccnc1C)C(CCCCCCCCCCCC)C(=O)NC1CCCCCC1. The summed E-state index contributed by atoms with van der Waals surface area (Å²) in [7, 11) is 0. The lowest BCUT2D eigenvalue weighted by molar-refractivity contribution is -0.141. The van der Waals surface area contributed by atoms with Crippen molar-refractivity contribution in [2.75, 3.05) is 6.54 Å². The zero-order valence-electron chi connectivity index (χ0n) is 33.2. The molecule has 0 radical (unpaired) electrons. The molecule has 0 saturated heterocycles. The number of imidazole rings is 1. The molecule has 1 N–H and O–H groups in total. The quantitative estimate of drug-likeness (QED) is 0.0477. The lowest BCUT2D eigenvalue weighted by Gasteiger charge is -2.33. The van der Waals surface area contributed by atoms with Crippen molar-refractivity contribution in [1.82, 2.24) is 19.8 Å². The van der Waals surface area contributed by atoms with Crippen molar-refractivity contribution in [1.29, 1.82) is 0 Å². The summed E-state index contributed by atoms with van der Waals surface area (Å²) in [4.78, 5) is 34.5. The van der Waals surface area contributed by atoms with E-state index in [2.05, 4.69) is 40.9 Å². The van der Waals surface area contributed by atoms with Crippen LogP contribution in [0.15, 0.2) is 24.5 Å². The number of carbonyl (C=O) groups is 2. The molecule has 1 unspecified atom stereocenters. The molecule has 0 aliphatic heterocycles. The second-order valence-electron chi connectivity index (χ2n) is 15.4.